The average molecular weight is 365 g/mol. The van der Waals surface area contributed by atoms with Gasteiger partial charge < -0.3 is 0 Å². The van der Waals surface area contributed by atoms with Gasteiger partial charge in [-0.05, 0) is 85.1 Å². The lowest BCUT2D eigenvalue weighted by Gasteiger charge is -2.35. The molecule has 0 spiro atoms. The molecule has 0 saturated heterocycles. The molecule has 2 aromatic carbocycles. The molecule has 1 saturated carbocycles. The number of hydrogen-bond acceptors (Lipinski definition) is 1. The van der Waals surface area contributed by atoms with Crippen LogP contribution in [0.3, 0.4) is 0 Å². The second kappa shape index (κ2) is 8.05. The van der Waals surface area contributed by atoms with Gasteiger partial charge in [-0.15, -0.1) is 0 Å². The van der Waals surface area contributed by atoms with Crippen molar-refractivity contribution in [1.82, 2.24) is 0 Å². The highest BCUT2D eigenvalue weighted by Crippen LogP contribution is 2.45. The largest absolute Gasteiger partial charge is 0.0978 e. The Balaban J connectivity index is 2.06. The van der Waals surface area contributed by atoms with Crippen molar-refractivity contribution < 1.29 is 0 Å². The fraction of sp³-hybridized carbons (Fsp3) is 0.440. The second-order valence-electron chi connectivity index (χ2n) is 8.60. The van der Waals surface area contributed by atoms with Gasteiger partial charge in [0.1, 0.15) is 0 Å². The van der Waals surface area contributed by atoms with E-state index in [0.717, 1.165) is 0 Å². The highest BCUT2D eigenvalue weighted by molar-refractivity contribution is 8.11. The molecule has 26 heavy (non-hydrogen) atoms. The summed E-state index contributed by atoms with van der Waals surface area (Å²) in [4.78, 5) is 1.38. The third kappa shape index (κ3) is 4.09. The lowest BCUT2D eigenvalue weighted by molar-refractivity contribution is 0.225. The molecule has 1 fully saturated rings. The molecule has 0 radical (unpaired) electrons. The third-order valence-electron chi connectivity index (χ3n) is 5.76. The van der Waals surface area contributed by atoms with Crippen molar-refractivity contribution in [2.24, 2.45) is 5.41 Å². The molecule has 0 unspecified atom stereocenters. The Labute approximate surface area is 163 Å². The quantitative estimate of drug-likeness (QED) is 0.523. The molecular weight excluding hydrogens is 332 g/mol. The Morgan fingerprint density at radius 1 is 1.00 bits per heavy atom. The van der Waals surface area contributed by atoms with Crippen LogP contribution >= 0.6 is 11.8 Å². The first-order chi connectivity index (χ1) is 12.4. The number of hydrogen-bond donors (Lipinski definition) is 0. The van der Waals surface area contributed by atoms with Crippen LogP contribution in [0.2, 0.25) is 0 Å². The van der Waals surface area contributed by atoms with Gasteiger partial charge in [-0.2, -0.15) is 0 Å². The summed E-state index contributed by atoms with van der Waals surface area (Å²) in [6, 6.07) is 13.8. The Morgan fingerprint density at radius 3 is 2.31 bits per heavy atom. The van der Waals surface area contributed by atoms with Gasteiger partial charge in [-0.25, -0.2) is 0 Å². The maximum Gasteiger partial charge on any atom is 0.0181 e. The van der Waals surface area contributed by atoms with Crippen LogP contribution in [-0.2, 0) is 0 Å². The zero-order valence-corrected chi connectivity index (χ0v) is 17.7. The zero-order chi connectivity index (χ0) is 18.7. The predicted molar refractivity (Wildman–Crippen MR) is 120 cm³/mol. The van der Waals surface area contributed by atoms with E-state index >= 15 is 0 Å². The molecule has 0 atom stereocenters. The summed E-state index contributed by atoms with van der Waals surface area (Å²) < 4.78 is 0. The molecule has 0 aliphatic heterocycles. The van der Waals surface area contributed by atoms with E-state index in [0.29, 0.717) is 11.3 Å². The van der Waals surface area contributed by atoms with Crippen molar-refractivity contribution in [3.05, 3.63) is 64.6 Å². The molecular formula is C25H32S. The van der Waals surface area contributed by atoms with Crippen molar-refractivity contribution in [1.29, 1.82) is 0 Å². The highest BCUT2D eigenvalue weighted by Gasteiger charge is 2.28. The maximum atomic E-state index is 2.42. The van der Waals surface area contributed by atoms with Crippen molar-refractivity contribution in [3.8, 4) is 0 Å². The standard InChI is InChI=1S/C25H32S/c1-6-17-26-24(18(2)3)23-12-8-10-21-20(9-7-11-22(21)23)19-13-15-25(4,5)16-14-19/h6-12,17,19H,13-16H2,1-5H3. The summed E-state index contributed by atoms with van der Waals surface area (Å²) in [6.45, 7) is 11.4. The van der Waals surface area contributed by atoms with Crippen LogP contribution < -0.4 is 0 Å². The van der Waals surface area contributed by atoms with Crippen LogP contribution in [0.1, 0.15) is 77.3 Å². The van der Waals surface area contributed by atoms with E-state index < -0.39 is 0 Å². The van der Waals surface area contributed by atoms with Gasteiger partial charge in [0, 0.05) is 4.91 Å². The number of thioether (sulfide) groups is 1. The molecule has 1 heteroatoms. The van der Waals surface area contributed by atoms with Crippen molar-refractivity contribution >= 4 is 27.4 Å². The van der Waals surface area contributed by atoms with E-state index in [-0.39, 0.29) is 0 Å². The minimum atomic E-state index is 0.518. The first-order valence-corrected chi connectivity index (χ1v) is 10.8. The molecule has 138 valence electrons. The molecule has 0 nitrogen and oxygen atoms in total. The SMILES string of the molecule is CC=CSC(=C(C)C)c1cccc2c(C3CCC(C)(C)CC3)cccc12. The number of rotatable bonds is 4. The fourth-order valence-electron chi connectivity index (χ4n) is 4.19. The summed E-state index contributed by atoms with van der Waals surface area (Å²) in [5.41, 5.74) is 4.84. The normalized spacial score (nSPS) is 17.7. The van der Waals surface area contributed by atoms with Crippen LogP contribution in [0, 0.1) is 5.41 Å². The lowest BCUT2D eigenvalue weighted by atomic mass is 9.70. The van der Waals surface area contributed by atoms with E-state index in [1.54, 1.807) is 5.56 Å². The number of allylic oxidation sites excluding steroid dienone is 2. The predicted octanol–water partition coefficient (Wildman–Crippen LogP) is 8.54. The van der Waals surface area contributed by atoms with Crippen molar-refractivity contribution in [2.45, 2.75) is 66.2 Å². The van der Waals surface area contributed by atoms with Crippen LogP contribution in [0.5, 0.6) is 0 Å². The molecule has 0 bridgehead atoms. The van der Waals surface area contributed by atoms with E-state index in [9.17, 15) is 0 Å². The Morgan fingerprint density at radius 2 is 1.65 bits per heavy atom. The van der Waals surface area contributed by atoms with E-state index in [4.69, 9.17) is 0 Å². The molecule has 0 heterocycles. The summed E-state index contributed by atoms with van der Waals surface area (Å²) in [5, 5.41) is 5.05. The fourth-order valence-corrected chi connectivity index (χ4v) is 5.00. The lowest BCUT2D eigenvalue weighted by Crippen LogP contribution is -2.20. The molecule has 1 aliphatic carbocycles. The Hall–Kier alpha value is -1.47. The van der Waals surface area contributed by atoms with Crippen molar-refractivity contribution in [3.63, 3.8) is 0 Å². The molecule has 1 aliphatic rings. The molecule has 0 amide bonds. The first kappa shape index (κ1) is 19.3. The van der Waals surface area contributed by atoms with Gasteiger partial charge in [-0.3, -0.25) is 0 Å². The molecule has 0 N–H and O–H groups in total. The first-order valence-electron chi connectivity index (χ1n) is 9.90. The minimum absolute atomic E-state index is 0.518. The average Bonchev–Trinajstić information content (AvgIpc) is 2.61. The topological polar surface area (TPSA) is 0 Å². The van der Waals surface area contributed by atoms with E-state index in [1.807, 2.05) is 11.8 Å². The van der Waals surface area contributed by atoms with Gasteiger partial charge in [-0.1, -0.05) is 73.7 Å². The molecule has 3 rings (SSSR count). The van der Waals surface area contributed by atoms with Crippen LogP contribution in [-0.4, -0.2) is 0 Å². The van der Waals surface area contributed by atoms with Crippen molar-refractivity contribution in [2.75, 3.05) is 0 Å². The number of fused-ring (bicyclic) bond motifs is 1. The van der Waals surface area contributed by atoms with Gasteiger partial charge >= 0.3 is 0 Å². The molecule has 2 aromatic rings. The van der Waals surface area contributed by atoms with Gasteiger partial charge in [0.15, 0.2) is 0 Å². The third-order valence-corrected chi connectivity index (χ3v) is 7.03. The van der Waals surface area contributed by atoms with E-state index in [1.165, 1.54) is 52.5 Å². The summed E-state index contributed by atoms with van der Waals surface area (Å²) >= 11 is 1.84. The Bertz CT molecular complexity index is 824. The van der Waals surface area contributed by atoms with Crippen LogP contribution in [0.15, 0.2) is 53.5 Å². The highest BCUT2D eigenvalue weighted by atomic mass is 32.2. The van der Waals surface area contributed by atoms with Crippen LogP contribution in [0.4, 0.5) is 0 Å². The van der Waals surface area contributed by atoms with Gasteiger partial charge in [0.2, 0.25) is 0 Å². The smallest absolute Gasteiger partial charge is 0.0181 e. The minimum Gasteiger partial charge on any atom is -0.0978 e. The monoisotopic (exact) mass is 364 g/mol. The maximum absolute atomic E-state index is 2.42. The van der Waals surface area contributed by atoms with Gasteiger partial charge in [0.25, 0.3) is 0 Å². The second-order valence-corrected chi connectivity index (χ2v) is 9.52. The summed E-state index contributed by atoms with van der Waals surface area (Å²) in [5.74, 6) is 0.709. The Kier molecular flexibility index (Phi) is 5.97. The summed E-state index contributed by atoms with van der Waals surface area (Å²) in [6.07, 6.45) is 7.43. The zero-order valence-electron chi connectivity index (χ0n) is 16.9. The molecule has 0 aromatic heterocycles. The number of benzene rings is 2. The van der Waals surface area contributed by atoms with Gasteiger partial charge in [0.05, 0.1) is 0 Å². The van der Waals surface area contributed by atoms with E-state index in [2.05, 4.69) is 82.5 Å². The van der Waals surface area contributed by atoms with Crippen LogP contribution in [0.25, 0.3) is 15.7 Å². The summed E-state index contributed by atoms with van der Waals surface area (Å²) in [7, 11) is 0.